The Kier molecular flexibility index (Phi) is 8.92. The number of hydrogen-bond donors (Lipinski definition) is 0. The smallest absolute Gasteiger partial charge is 0.338 e. The van der Waals surface area contributed by atoms with Gasteiger partial charge in [-0.05, 0) is 72.4 Å². The van der Waals surface area contributed by atoms with E-state index in [4.69, 9.17) is 14.2 Å². The predicted molar refractivity (Wildman–Crippen MR) is 165 cm³/mol. The number of benzene rings is 3. The van der Waals surface area contributed by atoms with Crippen molar-refractivity contribution in [3.63, 3.8) is 0 Å². The Morgan fingerprint density at radius 3 is 2.53 bits per heavy atom. The lowest BCUT2D eigenvalue weighted by atomic mass is 9.93. The summed E-state index contributed by atoms with van der Waals surface area (Å²) >= 11 is 1.26. The molecule has 0 saturated heterocycles. The van der Waals surface area contributed by atoms with Crippen LogP contribution in [-0.2, 0) is 16.1 Å². The van der Waals surface area contributed by atoms with Crippen LogP contribution >= 0.6 is 11.3 Å². The number of carbonyl (C=O) groups excluding carboxylic acids is 1. The quantitative estimate of drug-likeness (QED) is 0.232. The number of halogens is 1. The first-order chi connectivity index (χ1) is 20.7. The van der Waals surface area contributed by atoms with Gasteiger partial charge in [0.2, 0.25) is 0 Å². The second-order valence-corrected chi connectivity index (χ2v) is 11.5. The van der Waals surface area contributed by atoms with Crippen LogP contribution in [0.2, 0.25) is 0 Å². The van der Waals surface area contributed by atoms with Crippen molar-refractivity contribution in [3.05, 3.63) is 126 Å². The van der Waals surface area contributed by atoms with Gasteiger partial charge in [-0.1, -0.05) is 67.6 Å². The zero-order valence-corrected chi connectivity index (χ0v) is 25.5. The molecule has 0 fully saturated rings. The number of methoxy groups -OCH3 is 1. The average molecular weight is 601 g/mol. The number of aromatic nitrogens is 1. The summed E-state index contributed by atoms with van der Waals surface area (Å²) in [6.07, 6.45) is 1.77. The van der Waals surface area contributed by atoms with Gasteiger partial charge >= 0.3 is 5.97 Å². The topological polar surface area (TPSA) is 79.1 Å². The number of ether oxygens (including phenoxy) is 3. The molecule has 1 aromatic heterocycles. The number of hydrogen-bond acceptors (Lipinski definition) is 7. The summed E-state index contributed by atoms with van der Waals surface area (Å²) in [4.78, 5) is 32.2. The van der Waals surface area contributed by atoms with E-state index in [1.807, 2.05) is 30.3 Å². The molecule has 7 nitrogen and oxygen atoms in total. The van der Waals surface area contributed by atoms with E-state index in [9.17, 15) is 14.0 Å². The average Bonchev–Trinajstić information content (AvgIpc) is 3.29. The molecular weight excluding hydrogens is 567 g/mol. The minimum atomic E-state index is -0.674. The summed E-state index contributed by atoms with van der Waals surface area (Å²) in [5, 5.41) is 0. The lowest BCUT2D eigenvalue weighted by Gasteiger charge is -2.25. The van der Waals surface area contributed by atoms with Gasteiger partial charge in [0, 0.05) is 0 Å². The van der Waals surface area contributed by atoms with Crippen LogP contribution in [0.1, 0.15) is 61.9 Å². The van der Waals surface area contributed by atoms with Crippen molar-refractivity contribution in [1.29, 1.82) is 0 Å². The van der Waals surface area contributed by atoms with E-state index in [0.717, 1.165) is 16.7 Å². The highest BCUT2D eigenvalue weighted by molar-refractivity contribution is 7.07. The number of carbonyl (C=O) groups is 1. The molecular formula is C34H33FN2O5S. The van der Waals surface area contributed by atoms with Gasteiger partial charge in [-0.2, -0.15) is 0 Å². The standard InChI is InChI=1S/C34H33FN2O5S/c1-6-41-33(39)30-21(4)36-34-37(31(30)25-13-11-24(12-14-25)20(2)3)32(38)29(43-34)18-22-10-15-27(28(17-22)40-5)42-19-23-8-7-9-26(35)16-23/h7-18,20,31H,6,19H2,1-5H3/b29-18-. The summed E-state index contributed by atoms with van der Waals surface area (Å²) in [7, 11) is 1.53. The molecule has 4 aromatic rings. The third-order valence-electron chi connectivity index (χ3n) is 7.20. The van der Waals surface area contributed by atoms with Crippen molar-refractivity contribution in [3.8, 4) is 11.5 Å². The highest BCUT2D eigenvalue weighted by Crippen LogP contribution is 2.32. The monoisotopic (exact) mass is 600 g/mol. The Labute approximate surface area is 253 Å². The molecule has 5 rings (SSSR count). The van der Waals surface area contributed by atoms with Crippen LogP contribution in [0.4, 0.5) is 4.39 Å². The van der Waals surface area contributed by atoms with Gasteiger partial charge in [0.25, 0.3) is 5.56 Å². The Morgan fingerprint density at radius 1 is 1.09 bits per heavy atom. The SMILES string of the molecule is CCOC(=O)C1=C(C)N=c2s/c(=C\c3ccc(OCc4cccc(F)c4)c(OC)c3)c(=O)n2C1c1ccc(C(C)C)cc1. The molecule has 43 heavy (non-hydrogen) atoms. The van der Waals surface area contributed by atoms with E-state index in [0.29, 0.717) is 43.6 Å². The lowest BCUT2D eigenvalue weighted by molar-refractivity contribution is -0.139. The van der Waals surface area contributed by atoms with E-state index in [-0.39, 0.29) is 24.6 Å². The van der Waals surface area contributed by atoms with Gasteiger partial charge in [0.15, 0.2) is 16.3 Å². The van der Waals surface area contributed by atoms with E-state index < -0.39 is 12.0 Å². The van der Waals surface area contributed by atoms with Gasteiger partial charge in [-0.3, -0.25) is 9.36 Å². The molecule has 222 valence electrons. The number of nitrogens with zero attached hydrogens (tertiary/aromatic N) is 2. The fourth-order valence-electron chi connectivity index (χ4n) is 5.00. The largest absolute Gasteiger partial charge is 0.493 e. The van der Waals surface area contributed by atoms with Gasteiger partial charge in [-0.15, -0.1) is 0 Å². The molecule has 3 aromatic carbocycles. The van der Waals surface area contributed by atoms with Crippen molar-refractivity contribution in [2.24, 2.45) is 4.99 Å². The predicted octanol–water partition coefficient (Wildman–Crippen LogP) is 5.65. The normalized spacial score (nSPS) is 14.9. The highest BCUT2D eigenvalue weighted by Gasteiger charge is 2.33. The van der Waals surface area contributed by atoms with E-state index in [1.54, 1.807) is 48.8 Å². The summed E-state index contributed by atoms with van der Waals surface area (Å²) in [6.45, 7) is 8.14. The lowest BCUT2D eigenvalue weighted by Crippen LogP contribution is -2.39. The van der Waals surface area contributed by atoms with E-state index in [1.165, 1.54) is 30.6 Å². The second-order valence-electron chi connectivity index (χ2n) is 10.5. The van der Waals surface area contributed by atoms with Crippen molar-refractivity contribution in [2.45, 2.75) is 46.3 Å². The van der Waals surface area contributed by atoms with Crippen molar-refractivity contribution in [2.75, 3.05) is 13.7 Å². The number of fused-ring (bicyclic) bond motifs is 1. The number of esters is 1. The molecule has 0 aliphatic carbocycles. The van der Waals surface area contributed by atoms with Crippen LogP contribution in [0.3, 0.4) is 0 Å². The minimum Gasteiger partial charge on any atom is -0.493 e. The first-order valence-corrected chi connectivity index (χ1v) is 14.9. The zero-order chi connectivity index (χ0) is 30.7. The minimum absolute atomic E-state index is 0.173. The molecule has 0 saturated carbocycles. The maximum atomic E-state index is 13.9. The van der Waals surface area contributed by atoms with Crippen molar-refractivity contribution >= 4 is 23.4 Å². The fourth-order valence-corrected chi connectivity index (χ4v) is 6.05. The third-order valence-corrected chi connectivity index (χ3v) is 8.19. The molecule has 1 aliphatic heterocycles. The summed E-state index contributed by atoms with van der Waals surface area (Å²) in [6, 6.07) is 18.9. The van der Waals surface area contributed by atoms with E-state index in [2.05, 4.69) is 18.8 Å². The molecule has 0 spiro atoms. The van der Waals surface area contributed by atoms with E-state index >= 15 is 0 Å². The summed E-state index contributed by atoms with van der Waals surface area (Å²) in [5.41, 5.74) is 3.98. The Bertz CT molecular complexity index is 1870. The molecule has 2 heterocycles. The summed E-state index contributed by atoms with van der Waals surface area (Å²) < 4.78 is 32.4. The molecule has 1 aliphatic rings. The highest BCUT2D eigenvalue weighted by atomic mass is 32.1. The Balaban J connectivity index is 1.54. The van der Waals surface area contributed by atoms with Crippen LogP contribution in [0, 0.1) is 5.82 Å². The number of thiazole rings is 1. The molecule has 9 heteroatoms. The molecule has 1 unspecified atom stereocenters. The van der Waals surface area contributed by atoms with Crippen LogP contribution in [-0.4, -0.2) is 24.3 Å². The summed E-state index contributed by atoms with van der Waals surface area (Å²) in [5.74, 6) is 0.484. The molecule has 0 N–H and O–H groups in total. The second kappa shape index (κ2) is 12.8. The first kappa shape index (κ1) is 30.0. The van der Waals surface area contributed by atoms with Gasteiger partial charge < -0.3 is 14.2 Å². The molecule has 1 atom stereocenters. The van der Waals surface area contributed by atoms with Gasteiger partial charge in [0.05, 0.1) is 35.6 Å². The zero-order valence-electron chi connectivity index (χ0n) is 24.7. The first-order valence-electron chi connectivity index (χ1n) is 14.0. The van der Waals surface area contributed by atoms with Crippen molar-refractivity contribution < 1.29 is 23.4 Å². The Morgan fingerprint density at radius 2 is 1.86 bits per heavy atom. The van der Waals surface area contributed by atoms with Gasteiger partial charge in [0.1, 0.15) is 12.4 Å². The number of allylic oxidation sites excluding steroid dienone is 1. The molecule has 0 radical (unpaired) electrons. The number of rotatable bonds is 9. The molecule has 0 bridgehead atoms. The maximum Gasteiger partial charge on any atom is 0.338 e. The van der Waals surface area contributed by atoms with Crippen LogP contribution in [0.25, 0.3) is 6.08 Å². The molecule has 0 amide bonds. The van der Waals surface area contributed by atoms with Crippen molar-refractivity contribution in [1.82, 2.24) is 4.57 Å². The van der Waals surface area contributed by atoms with Crippen LogP contribution in [0.15, 0.2) is 87.8 Å². The van der Waals surface area contributed by atoms with Gasteiger partial charge in [-0.25, -0.2) is 14.2 Å². The third kappa shape index (κ3) is 6.32. The Hall–Kier alpha value is -4.50. The van der Waals surface area contributed by atoms with Crippen LogP contribution in [0.5, 0.6) is 11.5 Å². The fraction of sp³-hybridized carbons (Fsp3) is 0.265. The maximum absolute atomic E-state index is 13.9. The van der Waals surface area contributed by atoms with Crippen LogP contribution < -0.4 is 24.4 Å².